The van der Waals surface area contributed by atoms with Crippen molar-refractivity contribution in [3.8, 4) is 0 Å². The molecule has 128 valence electrons. The summed E-state index contributed by atoms with van der Waals surface area (Å²) >= 11 is 1.65. The molecule has 1 saturated heterocycles. The Balaban J connectivity index is 1.40. The maximum Gasteiger partial charge on any atom is 0.225 e. The number of aromatic nitrogens is 1. The minimum absolute atomic E-state index is 0.0732. The molecule has 5 heteroatoms. The Kier molecular flexibility index (Phi) is 4.21. The van der Waals surface area contributed by atoms with Crippen molar-refractivity contribution < 1.29 is 4.79 Å². The molecule has 0 spiro atoms. The van der Waals surface area contributed by atoms with Crippen molar-refractivity contribution in [3.05, 3.63) is 23.7 Å². The molecule has 1 aromatic carbocycles. The summed E-state index contributed by atoms with van der Waals surface area (Å²) < 4.78 is 1.18. The van der Waals surface area contributed by atoms with Gasteiger partial charge in [-0.25, -0.2) is 4.98 Å². The Morgan fingerprint density at radius 2 is 2.08 bits per heavy atom. The van der Waals surface area contributed by atoms with E-state index < -0.39 is 0 Å². The number of carbonyl (C=O) groups excluding carboxylic acids is 1. The van der Waals surface area contributed by atoms with E-state index in [9.17, 15) is 4.79 Å². The number of piperidine rings is 1. The monoisotopic (exact) mass is 343 g/mol. The highest BCUT2D eigenvalue weighted by atomic mass is 32.1. The van der Waals surface area contributed by atoms with Gasteiger partial charge in [-0.3, -0.25) is 4.79 Å². The zero-order valence-corrected chi connectivity index (χ0v) is 15.1. The van der Waals surface area contributed by atoms with E-state index in [4.69, 9.17) is 0 Å². The Morgan fingerprint density at radius 3 is 2.96 bits per heavy atom. The van der Waals surface area contributed by atoms with E-state index >= 15 is 0 Å². The summed E-state index contributed by atoms with van der Waals surface area (Å²) in [7, 11) is 0. The van der Waals surface area contributed by atoms with Crippen LogP contribution in [0.15, 0.2) is 23.7 Å². The molecule has 1 aliphatic carbocycles. The molecule has 2 N–H and O–H groups in total. The van der Waals surface area contributed by atoms with E-state index in [0.29, 0.717) is 24.4 Å². The normalized spacial score (nSPS) is 33.1. The van der Waals surface area contributed by atoms with Gasteiger partial charge in [0.25, 0.3) is 0 Å². The van der Waals surface area contributed by atoms with Crippen LogP contribution in [0.25, 0.3) is 10.2 Å². The quantitative estimate of drug-likeness (QED) is 0.889. The lowest BCUT2D eigenvalue weighted by Gasteiger charge is -2.44. The molecule has 1 aromatic heterocycles. The van der Waals surface area contributed by atoms with Crippen LogP contribution in [0.5, 0.6) is 0 Å². The standard InChI is InChI=1S/C19H25N3OS/c1-11-5-13-7-14(19(23)22-17(13)6-12(11)2)9-20-15-3-4-16-18(8-15)24-10-21-16/h3-4,8,10-14,17,20H,5-7,9H2,1-2H3,(H,22,23). The summed E-state index contributed by atoms with van der Waals surface area (Å²) in [6.45, 7) is 5.38. The van der Waals surface area contributed by atoms with Gasteiger partial charge in [0.05, 0.1) is 21.6 Å². The van der Waals surface area contributed by atoms with Gasteiger partial charge in [-0.1, -0.05) is 13.8 Å². The molecule has 2 heterocycles. The molecule has 24 heavy (non-hydrogen) atoms. The molecule has 4 rings (SSSR count). The predicted octanol–water partition coefficient (Wildman–Crippen LogP) is 3.90. The largest absolute Gasteiger partial charge is 0.384 e. The van der Waals surface area contributed by atoms with Crippen molar-refractivity contribution in [1.82, 2.24) is 10.3 Å². The average molecular weight is 343 g/mol. The molecule has 0 radical (unpaired) electrons. The number of nitrogens with zero attached hydrogens (tertiary/aromatic N) is 1. The SMILES string of the molecule is CC1CC2CC(CNc3ccc4ncsc4c3)C(=O)NC2CC1C. The molecular weight excluding hydrogens is 318 g/mol. The summed E-state index contributed by atoms with van der Waals surface area (Å²) in [6.07, 6.45) is 3.40. The maximum absolute atomic E-state index is 12.5. The van der Waals surface area contributed by atoms with Crippen LogP contribution in [0.3, 0.4) is 0 Å². The molecule has 0 bridgehead atoms. The summed E-state index contributed by atoms with van der Waals surface area (Å²) in [4.78, 5) is 16.8. The molecular formula is C19H25N3OS. The second kappa shape index (κ2) is 6.36. The van der Waals surface area contributed by atoms with Crippen LogP contribution in [0, 0.1) is 23.7 Å². The molecule has 5 unspecified atom stereocenters. The number of hydrogen-bond acceptors (Lipinski definition) is 4. The van der Waals surface area contributed by atoms with Gasteiger partial charge in [-0.2, -0.15) is 0 Å². The Labute approximate surface area is 147 Å². The lowest BCUT2D eigenvalue weighted by molar-refractivity contribution is -0.130. The smallest absolute Gasteiger partial charge is 0.225 e. The van der Waals surface area contributed by atoms with Gasteiger partial charge in [0.15, 0.2) is 0 Å². The fraction of sp³-hybridized carbons (Fsp3) is 0.579. The second-order valence-corrected chi connectivity index (χ2v) is 8.54. The highest BCUT2D eigenvalue weighted by molar-refractivity contribution is 7.16. The number of amides is 1. The molecule has 1 amide bonds. The summed E-state index contributed by atoms with van der Waals surface area (Å²) in [5.74, 6) is 2.43. The molecule has 5 atom stereocenters. The Morgan fingerprint density at radius 1 is 1.25 bits per heavy atom. The number of hydrogen-bond donors (Lipinski definition) is 2. The van der Waals surface area contributed by atoms with Crippen LogP contribution in [-0.4, -0.2) is 23.5 Å². The average Bonchev–Trinajstić information content (AvgIpc) is 3.02. The number of fused-ring (bicyclic) bond motifs is 2. The second-order valence-electron chi connectivity index (χ2n) is 7.65. The highest BCUT2D eigenvalue weighted by Gasteiger charge is 2.40. The van der Waals surface area contributed by atoms with Gasteiger partial charge in [-0.15, -0.1) is 11.3 Å². The van der Waals surface area contributed by atoms with Crippen molar-refractivity contribution in [2.24, 2.45) is 23.7 Å². The number of anilines is 1. The maximum atomic E-state index is 12.5. The zero-order valence-electron chi connectivity index (χ0n) is 14.3. The van der Waals surface area contributed by atoms with Crippen molar-refractivity contribution in [3.63, 3.8) is 0 Å². The fourth-order valence-corrected chi connectivity index (χ4v) is 5.01. The topological polar surface area (TPSA) is 54.0 Å². The Hall–Kier alpha value is -1.62. The van der Waals surface area contributed by atoms with Crippen molar-refractivity contribution in [2.45, 2.75) is 39.2 Å². The van der Waals surface area contributed by atoms with Gasteiger partial charge >= 0.3 is 0 Å². The van der Waals surface area contributed by atoms with E-state index in [1.807, 2.05) is 11.6 Å². The predicted molar refractivity (Wildman–Crippen MR) is 99.2 cm³/mol. The van der Waals surface area contributed by atoms with Crippen molar-refractivity contribution in [1.29, 1.82) is 0 Å². The van der Waals surface area contributed by atoms with E-state index in [-0.39, 0.29) is 11.8 Å². The van der Waals surface area contributed by atoms with Crippen LogP contribution in [-0.2, 0) is 4.79 Å². The summed E-state index contributed by atoms with van der Waals surface area (Å²) in [5.41, 5.74) is 3.98. The van der Waals surface area contributed by atoms with Crippen LogP contribution < -0.4 is 10.6 Å². The zero-order chi connectivity index (χ0) is 16.7. The van der Waals surface area contributed by atoms with Crippen LogP contribution in [0.1, 0.15) is 33.1 Å². The van der Waals surface area contributed by atoms with E-state index in [2.05, 4.69) is 41.6 Å². The van der Waals surface area contributed by atoms with Gasteiger partial charge in [0, 0.05) is 18.3 Å². The third-order valence-electron chi connectivity index (χ3n) is 6.01. The molecule has 2 aliphatic rings. The van der Waals surface area contributed by atoms with E-state index in [1.54, 1.807) is 11.3 Å². The Bertz CT molecular complexity index is 743. The number of carbonyl (C=O) groups is 1. The number of benzene rings is 1. The minimum Gasteiger partial charge on any atom is -0.384 e. The molecule has 1 aliphatic heterocycles. The highest BCUT2D eigenvalue weighted by Crippen LogP contribution is 2.39. The first-order valence-corrected chi connectivity index (χ1v) is 9.85. The fourth-order valence-electron chi connectivity index (χ4n) is 4.29. The van der Waals surface area contributed by atoms with Crippen LogP contribution in [0.4, 0.5) is 5.69 Å². The summed E-state index contributed by atoms with van der Waals surface area (Å²) in [5, 5.41) is 6.75. The van der Waals surface area contributed by atoms with Crippen LogP contribution in [0.2, 0.25) is 0 Å². The first-order chi connectivity index (χ1) is 11.6. The summed E-state index contributed by atoms with van der Waals surface area (Å²) in [6, 6.07) is 6.61. The van der Waals surface area contributed by atoms with Gasteiger partial charge < -0.3 is 10.6 Å². The van der Waals surface area contributed by atoms with Gasteiger partial charge in [0.2, 0.25) is 5.91 Å². The number of rotatable bonds is 3. The van der Waals surface area contributed by atoms with Crippen molar-refractivity contribution >= 4 is 33.1 Å². The van der Waals surface area contributed by atoms with Crippen molar-refractivity contribution in [2.75, 3.05) is 11.9 Å². The molecule has 2 aromatic rings. The number of thiazole rings is 1. The lowest BCUT2D eigenvalue weighted by atomic mass is 9.68. The van der Waals surface area contributed by atoms with E-state index in [1.165, 1.54) is 11.1 Å². The third-order valence-corrected chi connectivity index (χ3v) is 6.80. The van der Waals surface area contributed by atoms with Gasteiger partial charge in [0.1, 0.15) is 0 Å². The van der Waals surface area contributed by atoms with Gasteiger partial charge in [-0.05, 0) is 55.2 Å². The van der Waals surface area contributed by atoms with Crippen LogP contribution >= 0.6 is 11.3 Å². The first-order valence-electron chi connectivity index (χ1n) is 8.97. The molecule has 4 nitrogen and oxygen atoms in total. The minimum atomic E-state index is 0.0732. The number of nitrogens with one attached hydrogen (secondary N) is 2. The molecule has 2 fully saturated rings. The molecule has 1 saturated carbocycles. The first kappa shape index (κ1) is 15.9. The third kappa shape index (κ3) is 3.02. The van der Waals surface area contributed by atoms with E-state index in [0.717, 1.165) is 30.0 Å². The lowest BCUT2D eigenvalue weighted by Crippen LogP contribution is -2.54.